The van der Waals surface area contributed by atoms with Gasteiger partial charge in [-0.15, -0.1) is 11.3 Å². The summed E-state index contributed by atoms with van der Waals surface area (Å²) in [7, 11) is 0. The average Bonchev–Trinajstić information content (AvgIpc) is 3.34. The summed E-state index contributed by atoms with van der Waals surface area (Å²) < 4.78 is 1.87. The second-order valence-corrected chi connectivity index (χ2v) is 9.18. The van der Waals surface area contributed by atoms with E-state index in [0.717, 1.165) is 59.1 Å². The Bertz CT molecular complexity index is 1040. The van der Waals surface area contributed by atoms with E-state index in [9.17, 15) is 4.79 Å². The molecule has 2 aromatic heterocycles. The molecular weight excluding hydrogens is 416 g/mol. The van der Waals surface area contributed by atoms with Crippen molar-refractivity contribution in [3.05, 3.63) is 51.6 Å². The summed E-state index contributed by atoms with van der Waals surface area (Å²) >= 11 is 7.54. The number of thiazole rings is 1. The lowest BCUT2D eigenvalue weighted by molar-refractivity contribution is -0.134. The van der Waals surface area contributed by atoms with Gasteiger partial charge >= 0.3 is 0 Å². The normalized spacial score (nSPS) is 16.8. The molecule has 1 amide bonds. The third kappa shape index (κ3) is 4.16. The van der Waals surface area contributed by atoms with Crippen LogP contribution < -0.4 is 0 Å². The van der Waals surface area contributed by atoms with Gasteiger partial charge in [0, 0.05) is 39.8 Å². The van der Waals surface area contributed by atoms with Crippen LogP contribution in [0.1, 0.15) is 49.6 Å². The summed E-state index contributed by atoms with van der Waals surface area (Å²) in [6.45, 7) is 7.05. The van der Waals surface area contributed by atoms with Gasteiger partial charge in [-0.2, -0.15) is 5.10 Å². The maximum Gasteiger partial charge on any atom is 0.227 e. The van der Waals surface area contributed by atoms with Crippen LogP contribution >= 0.6 is 22.9 Å². The number of nitrogens with zero attached hydrogens (tertiary/aromatic N) is 4. The number of rotatable bonds is 5. The number of benzene rings is 1. The van der Waals surface area contributed by atoms with Crippen molar-refractivity contribution in [3.8, 4) is 16.4 Å². The van der Waals surface area contributed by atoms with E-state index in [4.69, 9.17) is 21.7 Å². The van der Waals surface area contributed by atoms with Crippen molar-refractivity contribution in [3.63, 3.8) is 0 Å². The highest BCUT2D eigenvalue weighted by Gasteiger charge is 2.27. The minimum absolute atomic E-state index is 0.216. The average molecular weight is 443 g/mol. The Labute approximate surface area is 186 Å². The van der Waals surface area contributed by atoms with Crippen molar-refractivity contribution < 1.29 is 4.79 Å². The lowest BCUT2D eigenvalue weighted by atomic mass is 9.98. The molecule has 158 valence electrons. The molecule has 0 radical (unpaired) electrons. The summed E-state index contributed by atoms with van der Waals surface area (Å²) in [5.41, 5.74) is 4.83. The first-order valence-electron chi connectivity index (χ1n) is 10.5. The topological polar surface area (TPSA) is 51.0 Å². The van der Waals surface area contributed by atoms with Gasteiger partial charge in [0.25, 0.3) is 0 Å². The maximum absolute atomic E-state index is 13.1. The zero-order chi connectivity index (χ0) is 21.3. The van der Waals surface area contributed by atoms with E-state index in [1.165, 1.54) is 6.42 Å². The second kappa shape index (κ2) is 8.90. The van der Waals surface area contributed by atoms with Crippen molar-refractivity contribution in [2.24, 2.45) is 0 Å². The number of piperidine rings is 1. The zero-order valence-corrected chi connectivity index (χ0v) is 19.3. The largest absolute Gasteiger partial charge is 0.339 e. The van der Waals surface area contributed by atoms with Crippen molar-refractivity contribution in [2.75, 3.05) is 6.54 Å². The molecule has 7 heteroatoms. The highest BCUT2D eigenvalue weighted by atomic mass is 35.5. The van der Waals surface area contributed by atoms with Crippen LogP contribution in [0.2, 0.25) is 5.02 Å². The summed E-state index contributed by atoms with van der Waals surface area (Å²) in [5.74, 6) is 0.216. The van der Waals surface area contributed by atoms with Crippen LogP contribution in [0.25, 0.3) is 16.4 Å². The predicted octanol–water partition coefficient (Wildman–Crippen LogP) is 5.60. The van der Waals surface area contributed by atoms with Crippen molar-refractivity contribution in [2.45, 2.75) is 58.9 Å². The van der Waals surface area contributed by atoms with Crippen molar-refractivity contribution in [1.29, 1.82) is 0 Å². The van der Waals surface area contributed by atoms with Crippen LogP contribution in [0.4, 0.5) is 0 Å². The lowest BCUT2D eigenvalue weighted by Gasteiger charge is -2.35. The molecule has 0 bridgehead atoms. The molecule has 0 saturated carbocycles. The molecule has 1 fully saturated rings. The van der Waals surface area contributed by atoms with E-state index < -0.39 is 0 Å². The molecule has 30 heavy (non-hydrogen) atoms. The van der Waals surface area contributed by atoms with Crippen molar-refractivity contribution in [1.82, 2.24) is 19.7 Å². The molecule has 1 aliphatic heterocycles. The molecule has 5 nitrogen and oxygen atoms in total. The molecular formula is C23H27ClN4OS. The van der Waals surface area contributed by atoms with E-state index in [1.54, 1.807) is 11.3 Å². The van der Waals surface area contributed by atoms with E-state index in [0.29, 0.717) is 17.5 Å². The molecule has 1 aromatic carbocycles. The number of hydrogen-bond donors (Lipinski definition) is 0. The molecule has 0 spiro atoms. The highest BCUT2D eigenvalue weighted by molar-refractivity contribution is 7.12. The fourth-order valence-electron chi connectivity index (χ4n) is 4.24. The minimum atomic E-state index is 0.216. The fraction of sp³-hybridized carbons (Fsp3) is 0.435. The number of aromatic nitrogens is 3. The predicted molar refractivity (Wildman–Crippen MR) is 123 cm³/mol. The Morgan fingerprint density at radius 2 is 2.00 bits per heavy atom. The van der Waals surface area contributed by atoms with Gasteiger partial charge < -0.3 is 4.90 Å². The molecule has 3 aromatic rings. The summed E-state index contributed by atoms with van der Waals surface area (Å²) in [5, 5.41) is 8.26. The SMILES string of the molecule is CC[C@@H]1CCCCN1C(=O)Cc1c(C)nn(-c2nc(-c3ccc(Cl)cc3)cs2)c1C. The number of likely N-dealkylation sites (tertiary alicyclic amines) is 1. The van der Waals surface area contributed by atoms with Gasteiger partial charge in [-0.1, -0.05) is 30.7 Å². The third-order valence-corrected chi connectivity index (χ3v) is 7.07. The fourth-order valence-corrected chi connectivity index (χ4v) is 5.20. The standard InChI is InChI=1S/C23H27ClN4OS/c1-4-19-7-5-6-12-27(19)22(29)13-20-15(2)26-28(16(20)3)23-25-21(14-30-23)17-8-10-18(24)11-9-17/h8-11,14,19H,4-7,12-13H2,1-3H3/t19-/m1/s1. The van der Waals surface area contributed by atoms with E-state index in [1.807, 2.05) is 48.2 Å². The monoisotopic (exact) mass is 442 g/mol. The van der Waals surface area contributed by atoms with E-state index in [2.05, 4.69) is 11.8 Å². The molecule has 0 aliphatic carbocycles. The van der Waals surface area contributed by atoms with Crippen LogP contribution in [0, 0.1) is 13.8 Å². The lowest BCUT2D eigenvalue weighted by Crippen LogP contribution is -2.44. The molecule has 1 aliphatic rings. The minimum Gasteiger partial charge on any atom is -0.339 e. The summed E-state index contributed by atoms with van der Waals surface area (Å²) in [6, 6.07) is 8.05. The van der Waals surface area contributed by atoms with E-state index >= 15 is 0 Å². The molecule has 1 atom stereocenters. The van der Waals surface area contributed by atoms with Crippen LogP contribution in [-0.2, 0) is 11.2 Å². The first-order chi connectivity index (χ1) is 14.5. The quantitative estimate of drug-likeness (QED) is 0.516. The van der Waals surface area contributed by atoms with Gasteiger partial charge in [-0.05, 0) is 51.7 Å². The van der Waals surface area contributed by atoms with E-state index in [-0.39, 0.29) is 5.91 Å². The zero-order valence-electron chi connectivity index (χ0n) is 17.7. The van der Waals surface area contributed by atoms with Gasteiger partial charge in [0.15, 0.2) is 0 Å². The van der Waals surface area contributed by atoms with Gasteiger partial charge in [-0.3, -0.25) is 4.79 Å². The highest BCUT2D eigenvalue weighted by Crippen LogP contribution is 2.28. The first-order valence-corrected chi connectivity index (χ1v) is 11.8. The van der Waals surface area contributed by atoms with Crippen LogP contribution in [0.5, 0.6) is 0 Å². The Kier molecular flexibility index (Phi) is 6.25. The molecule has 1 saturated heterocycles. The molecule has 4 rings (SSSR count). The Morgan fingerprint density at radius 3 is 2.73 bits per heavy atom. The number of carbonyl (C=O) groups excluding carboxylic acids is 1. The van der Waals surface area contributed by atoms with Gasteiger partial charge in [0.05, 0.1) is 17.8 Å². The van der Waals surface area contributed by atoms with Crippen molar-refractivity contribution >= 4 is 28.8 Å². The number of carbonyl (C=O) groups is 1. The van der Waals surface area contributed by atoms with Crippen LogP contribution in [-0.4, -0.2) is 38.2 Å². The molecule has 3 heterocycles. The summed E-state index contributed by atoms with van der Waals surface area (Å²) in [4.78, 5) is 19.9. The maximum atomic E-state index is 13.1. The third-order valence-electron chi connectivity index (χ3n) is 6.00. The Hall–Kier alpha value is -2.18. The van der Waals surface area contributed by atoms with Gasteiger partial charge in [0.1, 0.15) is 0 Å². The first kappa shape index (κ1) is 21.1. The molecule has 0 unspecified atom stereocenters. The number of halogens is 1. The van der Waals surface area contributed by atoms with Crippen LogP contribution in [0.3, 0.4) is 0 Å². The summed E-state index contributed by atoms with van der Waals surface area (Å²) in [6.07, 6.45) is 4.87. The Morgan fingerprint density at radius 1 is 1.23 bits per heavy atom. The number of hydrogen-bond acceptors (Lipinski definition) is 4. The Balaban J connectivity index is 1.57. The van der Waals surface area contributed by atoms with Gasteiger partial charge in [0.2, 0.25) is 11.0 Å². The van der Waals surface area contributed by atoms with Gasteiger partial charge in [-0.25, -0.2) is 9.67 Å². The molecule has 0 N–H and O–H groups in total. The second-order valence-electron chi connectivity index (χ2n) is 7.91. The smallest absolute Gasteiger partial charge is 0.227 e. The van der Waals surface area contributed by atoms with Crippen LogP contribution in [0.15, 0.2) is 29.6 Å². The number of aryl methyl sites for hydroxylation is 1. The number of amides is 1.